The molecule has 0 amide bonds. The van der Waals surface area contributed by atoms with Crippen LogP contribution in [0.4, 0.5) is 0 Å². The van der Waals surface area contributed by atoms with E-state index in [2.05, 4.69) is 31.7 Å². The Bertz CT molecular complexity index is 357. The molecule has 3 heteroatoms. The molecule has 0 bridgehead atoms. The Balaban J connectivity index is 2.58. The van der Waals surface area contributed by atoms with Crippen LogP contribution in [0.1, 0.15) is 43.9 Å². The van der Waals surface area contributed by atoms with Crippen molar-refractivity contribution in [2.75, 3.05) is 0 Å². The summed E-state index contributed by atoms with van der Waals surface area (Å²) in [4.78, 5) is 10.5. The van der Waals surface area contributed by atoms with E-state index >= 15 is 0 Å². The lowest BCUT2D eigenvalue weighted by Gasteiger charge is -2.10. The predicted molar refractivity (Wildman–Crippen MR) is 64.9 cm³/mol. The lowest BCUT2D eigenvalue weighted by atomic mass is 9.99. The summed E-state index contributed by atoms with van der Waals surface area (Å²) in [5, 5.41) is 10.5. The van der Waals surface area contributed by atoms with E-state index in [0.717, 1.165) is 12.0 Å². The third-order valence-corrected chi connectivity index (χ3v) is 2.87. The zero-order valence-corrected chi connectivity index (χ0v) is 10.6. The van der Waals surface area contributed by atoms with Crippen LogP contribution in [0.2, 0.25) is 0 Å². The van der Waals surface area contributed by atoms with Gasteiger partial charge in [-0.3, -0.25) is 0 Å². The number of aryl methyl sites for hydroxylation is 1. The molecule has 0 aliphatic carbocycles. The standard InChI is InChI=1S/C14H21NO2/c1-10(2)3-4-11-5-7-12(8-6-11)13(15)9-14(16)17/h5-8,10,13H,3-4,9,15H2,1-2H3,(H,16,17)/t13-/m0/s1. The molecule has 0 aromatic heterocycles. The SMILES string of the molecule is CC(C)CCc1ccc([C@@H]([NH3+])CC(=O)[O-])cc1. The molecule has 0 aliphatic rings. The number of carbonyl (C=O) groups excluding carboxylic acids is 1. The van der Waals surface area contributed by atoms with Crippen LogP contribution >= 0.6 is 0 Å². The van der Waals surface area contributed by atoms with Gasteiger partial charge in [-0.15, -0.1) is 0 Å². The van der Waals surface area contributed by atoms with Crippen LogP contribution in [0.25, 0.3) is 0 Å². The number of carboxylic acids is 1. The molecule has 0 saturated heterocycles. The second-order valence-electron chi connectivity index (χ2n) is 4.95. The van der Waals surface area contributed by atoms with E-state index in [-0.39, 0.29) is 12.5 Å². The van der Waals surface area contributed by atoms with Crippen molar-refractivity contribution < 1.29 is 15.6 Å². The first-order valence-electron chi connectivity index (χ1n) is 6.10. The molecule has 0 saturated carbocycles. The molecule has 0 radical (unpaired) electrons. The van der Waals surface area contributed by atoms with Crippen LogP contribution in [0.15, 0.2) is 24.3 Å². The third kappa shape index (κ3) is 5.00. The Morgan fingerprint density at radius 2 is 1.88 bits per heavy atom. The number of carboxylic acid groups (broad SMARTS) is 1. The molecule has 3 nitrogen and oxygen atoms in total. The van der Waals surface area contributed by atoms with Crippen molar-refractivity contribution in [1.29, 1.82) is 0 Å². The van der Waals surface area contributed by atoms with Crippen molar-refractivity contribution in [2.45, 2.75) is 39.2 Å². The maximum Gasteiger partial charge on any atom is 0.115 e. The number of carbonyl (C=O) groups is 1. The van der Waals surface area contributed by atoms with Crippen LogP contribution in [-0.2, 0) is 11.2 Å². The first-order valence-corrected chi connectivity index (χ1v) is 6.10. The van der Waals surface area contributed by atoms with Crippen molar-refractivity contribution in [3.63, 3.8) is 0 Å². The third-order valence-electron chi connectivity index (χ3n) is 2.87. The fraction of sp³-hybridized carbons (Fsp3) is 0.500. The number of aliphatic carboxylic acids is 1. The number of quaternary nitrogens is 1. The van der Waals surface area contributed by atoms with Gasteiger partial charge < -0.3 is 15.6 Å². The monoisotopic (exact) mass is 235 g/mol. The quantitative estimate of drug-likeness (QED) is 0.788. The fourth-order valence-corrected chi connectivity index (χ4v) is 1.73. The Labute approximate surface area is 103 Å². The molecule has 3 N–H and O–H groups in total. The van der Waals surface area contributed by atoms with Crippen LogP contribution in [0, 0.1) is 5.92 Å². The second-order valence-corrected chi connectivity index (χ2v) is 4.95. The lowest BCUT2D eigenvalue weighted by molar-refractivity contribution is -0.430. The zero-order valence-electron chi connectivity index (χ0n) is 10.6. The Kier molecular flexibility index (Phi) is 5.16. The van der Waals surface area contributed by atoms with E-state index in [9.17, 15) is 9.90 Å². The largest absolute Gasteiger partial charge is 0.550 e. The molecule has 17 heavy (non-hydrogen) atoms. The Morgan fingerprint density at radius 1 is 1.29 bits per heavy atom. The molecular formula is C14H21NO2. The van der Waals surface area contributed by atoms with Gasteiger partial charge in [0.05, 0.1) is 0 Å². The Hall–Kier alpha value is -1.35. The molecule has 1 aromatic carbocycles. The number of benzene rings is 1. The maximum absolute atomic E-state index is 10.5. The van der Waals surface area contributed by atoms with Crippen LogP contribution in [0.3, 0.4) is 0 Å². The van der Waals surface area contributed by atoms with Gasteiger partial charge in [-0.2, -0.15) is 0 Å². The first kappa shape index (κ1) is 13.7. The molecular weight excluding hydrogens is 214 g/mol. The summed E-state index contributed by atoms with van der Waals surface area (Å²) in [7, 11) is 0. The van der Waals surface area contributed by atoms with E-state index in [1.54, 1.807) is 0 Å². The van der Waals surface area contributed by atoms with Gasteiger partial charge in [0, 0.05) is 18.0 Å². The van der Waals surface area contributed by atoms with Gasteiger partial charge in [-0.25, -0.2) is 0 Å². The van der Waals surface area contributed by atoms with Crippen LogP contribution in [0.5, 0.6) is 0 Å². The highest BCUT2D eigenvalue weighted by Gasteiger charge is 2.09. The van der Waals surface area contributed by atoms with Gasteiger partial charge in [0.1, 0.15) is 6.04 Å². The Morgan fingerprint density at radius 3 is 2.35 bits per heavy atom. The van der Waals surface area contributed by atoms with Gasteiger partial charge >= 0.3 is 0 Å². The van der Waals surface area contributed by atoms with Crippen LogP contribution in [-0.4, -0.2) is 5.97 Å². The van der Waals surface area contributed by atoms with Crippen molar-refractivity contribution in [3.8, 4) is 0 Å². The lowest BCUT2D eigenvalue weighted by Crippen LogP contribution is -2.55. The first-order chi connectivity index (χ1) is 7.99. The minimum Gasteiger partial charge on any atom is -0.550 e. The van der Waals surface area contributed by atoms with Gasteiger partial charge in [0.2, 0.25) is 0 Å². The van der Waals surface area contributed by atoms with Crippen molar-refractivity contribution >= 4 is 5.97 Å². The van der Waals surface area contributed by atoms with E-state index in [1.165, 1.54) is 12.0 Å². The second kappa shape index (κ2) is 6.40. The predicted octanol–water partition coefficient (Wildman–Crippen LogP) is 0.698. The highest BCUT2D eigenvalue weighted by molar-refractivity contribution is 5.65. The molecule has 94 valence electrons. The molecule has 0 fully saturated rings. The van der Waals surface area contributed by atoms with E-state index < -0.39 is 5.97 Å². The van der Waals surface area contributed by atoms with E-state index in [4.69, 9.17) is 0 Å². The summed E-state index contributed by atoms with van der Waals surface area (Å²) >= 11 is 0. The van der Waals surface area contributed by atoms with Gasteiger partial charge in [-0.1, -0.05) is 38.1 Å². The van der Waals surface area contributed by atoms with Crippen molar-refractivity contribution in [1.82, 2.24) is 0 Å². The van der Waals surface area contributed by atoms with E-state index in [1.807, 2.05) is 12.1 Å². The molecule has 0 spiro atoms. The average Bonchev–Trinajstić information content (AvgIpc) is 2.26. The van der Waals surface area contributed by atoms with E-state index in [0.29, 0.717) is 5.92 Å². The van der Waals surface area contributed by atoms with Crippen molar-refractivity contribution in [3.05, 3.63) is 35.4 Å². The molecule has 0 aliphatic heterocycles. The summed E-state index contributed by atoms with van der Waals surface area (Å²) in [5.74, 6) is -0.345. The fourth-order valence-electron chi connectivity index (χ4n) is 1.73. The van der Waals surface area contributed by atoms with Gasteiger partial charge in [0.25, 0.3) is 0 Å². The minimum atomic E-state index is -1.05. The molecule has 0 unspecified atom stereocenters. The molecule has 0 heterocycles. The summed E-state index contributed by atoms with van der Waals surface area (Å²) in [6, 6.07) is 7.84. The smallest absolute Gasteiger partial charge is 0.115 e. The number of rotatable bonds is 6. The van der Waals surface area contributed by atoms with Gasteiger partial charge in [-0.05, 0) is 24.3 Å². The number of hydrogen-bond donors (Lipinski definition) is 1. The topological polar surface area (TPSA) is 67.8 Å². The number of hydrogen-bond acceptors (Lipinski definition) is 2. The summed E-state index contributed by atoms with van der Waals surface area (Å²) in [6.45, 7) is 4.42. The zero-order chi connectivity index (χ0) is 12.8. The average molecular weight is 235 g/mol. The summed E-state index contributed by atoms with van der Waals surface area (Å²) in [5.41, 5.74) is 6.09. The molecule has 1 rings (SSSR count). The summed E-state index contributed by atoms with van der Waals surface area (Å²) < 4.78 is 0. The normalized spacial score (nSPS) is 12.7. The van der Waals surface area contributed by atoms with Crippen LogP contribution < -0.4 is 10.8 Å². The summed E-state index contributed by atoms with van der Waals surface area (Å²) in [6.07, 6.45) is 2.22. The van der Waals surface area contributed by atoms with Crippen molar-refractivity contribution in [2.24, 2.45) is 5.92 Å². The highest BCUT2D eigenvalue weighted by Crippen LogP contribution is 2.15. The van der Waals surface area contributed by atoms with Gasteiger partial charge in [0.15, 0.2) is 0 Å². The molecule has 1 aromatic rings. The highest BCUT2D eigenvalue weighted by atomic mass is 16.4. The maximum atomic E-state index is 10.5. The minimum absolute atomic E-state index is 0.0225. The molecule has 1 atom stereocenters.